The molecule has 1 atom stereocenters. The van der Waals surface area contributed by atoms with Gasteiger partial charge >= 0.3 is 0 Å². The lowest BCUT2D eigenvalue weighted by Crippen LogP contribution is -2.48. The molecule has 7 nitrogen and oxygen atoms in total. The molecular weight excluding hydrogens is 272 g/mol. The Labute approximate surface area is 122 Å². The van der Waals surface area contributed by atoms with Gasteiger partial charge in [0.15, 0.2) is 6.61 Å². The Balaban J connectivity index is 1.99. The summed E-state index contributed by atoms with van der Waals surface area (Å²) >= 11 is 0. The van der Waals surface area contributed by atoms with Gasteiger partial charge in [0.2, 0.25) is 5.91 Å². The van der Waals surface area contributed by atoms with Crippen LogP contribution in [0.2, 0.25) is 0 Å². The molecule has 0 aromatic heterocycles. The molecule has 2 aliphatic heterocycles. The third-order valence-electron chi connectivity index (χ3n) is 3.90. The number of nitrogens with zero attached hydrogens (tertiary/aromatic N) is 1. The quantitative estimate of drug-likeness (QED) is 0.685. The maximum atomic E-state index is 11.6. The largest absolute Gasteiger partial charge is 0.482 e. The van der Waals surface area contributed by atoms with Gasteiger partial charge in [0.25, 0.3) is 5.91 Å². The number of nitrogens with two attached hydrogens (primary N) is 2. The summed E-state index contributed by atoms with van der Waals surface area (Å²) in [6.45, 7) is 0.699. The number of piperidine rings is 1. The van der Waals surface area contributed by atoms with E-state index in [2.05, 4.69) is 5.32 Å². The van der Waals surface area contributed by atoms with Crippen molar-refractivity contribution in [1.29, 1.82) is 0 Å². The molecule has 5 N–H and O–H groups in total. The van der Waals surface area contributed by atoms with E-state index in [9.17, 15) is 9.59 Å². The number of hydrogen-bond acceptors (Lipinski definition) is 5. The van der Waals surface area contributed by atoms with E-state index in [1.165, 1.54) is 0 Å². The van der Waals surface area contributed by atoms with E-state index in [4.69, 9.17) is 16.2 Å². The number of nitrogen functional groups attached to an aromatic ring is 1. The number of carbonyl (C=O) groups excluding carboxylic acids is 2. The smallest absolute Gasteiger partial charge is 0.262 e. The van der Waals surface area contributed by atoms with Gasteiger partial charge in [-0.25, -0.2) is 0 Å². The van der Waals surface area contributed by atoms with Gasteiger partial charge in [-0.15, -0.1) is 0 Å². The van der Waals surface area contributed by atoms with Crippen LogP contribution in [0.15, 0.2) is 12.1 Å². The van der Waals surface area contributed by atoms with Crippen LogP contribution >= 0.6 is 0 Å². The highest BCUT2D eigenvalue weighted by atomic mass is 16.5. The summed E-state index contributed by atoms with van der Waals surface area (Å²) in [5, 5.41) is 2.75. The van der Waals surface area contributed by atoms with Crippen LogP contribution in [-0.2, 0) is 9.59 Å². The molecule has 112 valence electrons. The van der Waals surface area contributed by atoms with Crippen molar-refractivity contribution in [1.82, 2.24) is 0 Å². The second-order valence-corrected chi connectivity index (χ2v) is 5.35. The average molecular weight is 290 g/mol. The van der Waals surface area contributed by atoms with E-state index >= 15 is 0 Å². The highest BCUT2D eigenvalue weighted by Crippen LogP contribution is 2.39. The van der Waals surface area contributed by atoms with Gasteiger partial charge in [-0.05, 0) is 25.3 Å². The van der Waals surface area contributed by atoms with Crippen LogP contribution in [0.3, 0.4) is 0 Å². The Morgan fingerprint density at radius 3 is 2.95 bits per heavy atom. The molecule has 2 aliphatic rings. The molecule has 0 radical (unpaired) electrons. The minimum Gasteiger partial charge on any atom is -0.482 e. The first kappa shape index (κ1) is 13.5. The molecule has 0 aliphatic carbocycles. The minimum atomic E-state index is -0.362. The van der Waals surface area contributed by atoms with Gasteiger partial charge in [0.05, 0.1) is 17.1 Å². The molecule has 3 rings (SSSR count). The molecule has 2 heterocycles. The van der Waals surface area contributed by atoms with Gasteiger partial charge in [0.1, 0.15) is 11.8 Å². The maximum absolute atomic E-state index is 11.6. The second kappa shape index (κ2) is 5.16. The van der Waals surface area contributed by atoms with Crippen LogP contribution in [0.5, 0.6) is 5.75 Å². The van der Waals surface area contributed by atoms with E-state index in [0.29, 0.717) is 35.8 Å². The van der Waals surface area contributed by atoms with Crippen molar-refractivity contribution in [2.75, 3.05) is 29.1 Å². The Hall–Kier alpha value is -2.44. The first-order chi connectivity index (χ1) is 10.1. The van der Waals surface area contributed by atoms with Crippen LogP contribution in [-0.4, -0.2) is 31.0 Å². The predicted molar refractivity (Wildman–Crippen MR) is 79.2 cm³/mol. The van der Waals surface area contributed by atoms with Crippen LogP contribution in [0.1, 0.15) is 19.3 Å². The lowest BCUT2D eigenvalue weighted by Gasteiger charge is -2.36. The van der Waals surface area contributed by atoms with Crippen molar-refractivity contribution in [2.24, 2.45) is 5.73 Å². The number of amides is 2. The molecular formula is C14H18N4O3. The summed E-state index contributed by atoms with van der Waals surface area (Å²) in [6.07, 6.45) is 2.66. The van der Waals surface area contributed by atoms with Crippen molar-refractivity contribution in [3.63, 3.8) is 0 Å². The van der Waals surface area contributed by atoms with E-state index in [1.54, 1.807) is 12.1 Å². The number of hydrogen-bond donors (Lipinski definition) is 3. The molecule has 1 aromatic rings. The molecule has 1 aromatic carbocycles. The third kappa shape index (κ3) is 2.46. The average Bonchev–Trinajstić information content (AvgIpc) is 2.47. The van der Waals surface area contributed by atoms with Crippen LogP contribution in [0, 0.1) is 0 Å². The van der Waals surface area contributed by atoms with Gasteiger partial charge in [-0.1, -0.05) is 0 Å². The topological polar surface area (TPSA) is 111 Å². The van der Waals surface area contributed by atoms with Gasteiger partial charge < -0.3 is 26.4 Å². The van der Waals surface area contributed by atoms with E-state index < -0.39 is 0 Å². The summed E-state index contributed by atoms with van der Waals surface area (Å²) in [7, 11) is 0. The van der Waals surface area contributed by atoms with E-state index in [0.717, 1.165) is 12.8 Å². The molecule has 0 bridgehead atoms. The zero-order valence-corrected chi connectivity index (χ0v) is 11.6. The van der Waals surface area contributed by atoms with E-state index in [-0.39, 0.29) is 24.5 Å². The van der Waals surface area contributed by atoms with Crippen molar-refractivity contribution < 1.29 is 14.3 Å². The molecule has 21 heavy (non-hydrogen) atoms. The number of fused-ring (bicyclic) bond motifs is 1. The van der Waals surface area contributed by atoms with Gasteiger partial charge in [0, 0.05) is 12.6 Å². The Morgan fingerprint density at radius 1 is 1.38 bits per heavy atom. The number of ether oxygens (including phenoxy) is 1. The Kier molecular flexibility index (Phi) is 3.32. The number of carbonyl (C=O) groups is 2. The molecule has 7 heteroatoms. The first-order valence-electron chi connectivity index (χ1n) is 6.98. The fourth-order valence-electron chi connectivity index (χ4n) is 2.90. The molecule has 1 unspecified atom stereocenters. The lowest BCUT2D eigenvalue weighted by molar-refractivity contribution is -0.120. The number of nitrogens with one attached hydrogen (secondary N) is 1. The standard InChI is InChI=1S/C14H18N4O3/c15-8-5-12-9(17-13(19)7-21-12)6-11(8)18-4-2-1-3-10(18)14(16)20/h5-6,10H,1-4,7,15H2,(H2,16,20)(H,17,19). The number of anilines is 3. The molecule has 1 fully saturated rings. The molecule has 2 amide bonds. The lowest BCUT2D eigenvalue weighted by atomic mass is 10.00. The van der Waals surface area contributed by atoms with Gasteiger partial charge in [-0.2, -0.15) is 0 Å². The van der Waals surface area contributed by atoms with Gasteiger partial charge in [-0.3, -0.25) is 9.59 Å². The number of benzene rings is 1. The van der Waals surface area contributed by atoms with Crippen molar-refractivity contribution in [3.05, 3.63) is 12.1 Å². The molecule has 0 saturated carbocycles. The minimum absolute atomic E-state index is 0.0145. The monoisotopic (exact) mass is 290 g/mol. The highest BCUT2D eigenvalue weighted by Gasteiger charge is 2.29. The zero-order chi connectivity index (χ0) is 15.0. The number of primary amides is 1. The van der Waals surface area contributed by atoms with Crippen molar-refractivity contribution >= 4 is 28.9 Å². The fraction of sp³-hybridized carbons (Fsp3) is 0.429. The third-order valence-corrected chi connectivity index (χ3v) is 3.90. The Morgan fingerprint density at radius 2 is 2.19 bits per heavy atom. The second-order valence-electron chi connectivity index (χ2n) is 5.35. The number of rotatable bonds is 2. The summed E-state index contributed by atoms with van der Waals surface area (Å²) in [6, 6.07) is 3.07. The van der Waals surface area contributed by atoms with E-state index in [1.807, 2.05) is 4.90 Å². The Bertz CT molecular complexity index is 602. The molecule has 1 saturated heterocycles. The SMILES string of the molecule is NC(=O)C1CCCCN1c1cc2c(cc1N)OCC(=O)N2. The fourth-order valence-corrected chi connectivity index (χ4v) is 2.90. The van der Waals surface area contributed by atoms with Crippen molar-refractivity contribution in [2.45, 2.75) is 25.3 Å². The normalized spacial score (nSPS) is 21.2. The van der Waals surface area contributed by atoms with Crippen LogP contribution < -0.4 is 26.4 Å². The van der Waals surface area contributed by atoms with Crippen molar-refractivity contribution in [3.8, 4) is 5.75 Å². The zero-order valence-electron chi connectivity index (χ0n) is 11.6. The highest BCUT2D eigenvalue weighted by molar-refractivity contribution is 5.97. The van der Waals surface area contributed by atoms with Crippen LogP contribution in [0.4, 0.5) is 17.1 Å². The van der Waals surface area contributed by atoms with Crippen LogP contribution in [0.25, 0.3) is 0 Å². The summed E-state index contributed by atoms with van der Waals surface area (Å²) in [4.78, 5) is 25.0. The predicted octanol–water partition coefficient (Wildman–Crippen LogP) is 0.444. The summed E-state index contributed by atoms with van der Waals surface area (Å²) < 4.78 is 5.33. The molecule has 0 spiro atoms. The summed E-state index contributed by atoms with van der Waals surface area (Å²) in [5.41, 5.74) is 13.4. The first-order valence-corrected chi connectivity index (χ1v) is 6.98. The maximum Gasteiger partial charge on any atom is 0.262 e. The summed E-state index contributed by atoms with van der Waals surface area (Å²) in [5.74, 6) is -0.0149.